The van der Waals surface area contributed by atoms with Crippen molar-refractivity contribution >= 4 is 65.0 Å². The van der Waals surface area contributed by atoms with Gasteiger partial charge >= 0.3 is 0 Å². The van der Waals surface area contributed by atoms with E-state index in [1.165, 1.54) is 5.39 Å². The number of hydrogen-bond acceptors (Lipinski definition) is 1. The zero-order chi connectivity index (χ0) is 31.3. The van der Waals surface area contributed by atoms with E-state index in [1.807, 2.05) is 36.4 Å². The van der Waals surface area contributed by atoms with E-state index >= 15 is 0 Å². The largest absolute Gasteiger partial charge is 0.455 e. The molecule has 1 aromatic heterocycles. The Morgan fingerprint density at radius 3 is 1.88 bits per heavy atom. The maximum Gasteiger partial charge on any atom is 0.143 e. The fraction of sp³-hybridized carbons (Fsp3) is 0. The lowest BCUT2D eigenvalue weighted by Crippen LogP contribution is -1.89. The quantitative estimate of drug-likeness (QED) is 0.162. The third-order valence-electron chi connectivity index (χ3n) is 8.32. The number of rotatable bonds is 2. The molecule has 9 rings (SSSR count). The lowest BCUT2D eigenvalue weighted by Gasteiger charge is -2.16. The van der Waals surface area contributed by atoms with Gasteiger partial charge in [0.05, 0.1) is 6.85 Å². The summed E-state index contributed by atoms with van der Waals surface area (Å²) in [4.78, 5) is 0. The molecule has 0 atom stereocenters. The molecule has 0 fully saturated rings. The molecule has 0 N–H and O–H groups in total. The lowest BCUT2D eigenvalue weighted by atomic mass is 9.87. The fourth-order valence-corrected chi connectivity index (χ4v) is 6.51. The third kappa shape index (κ3) is 3.24. The normalized spacial score (nSPS) is 13.6. The zero-order valence-electron chi connectivity index (χ0n) is 26.9. The summed E-state index contributed by atoms with van der Waals surface area (Å²) in [5.41, 5.74) is 3.80. The van der Waals surface area contributed by atoms with Crippen LogP contribution in [0.15, 0.2) is 150 Å². The molecule has 41 heavy (non-hydrogen) atoms. The minimum absolute atomic E-state index is 0.125. The predicted molar refractivity (Wildman–Crippen MR) is 175 cm³/mol. The molecule has 0 saturated heterocycles. The molecule has 0 radical (unpaired) electrons. The predicted octanol–water partition coefficient (Wildman–Crippen LogP) is 11.5. The van der Waals surface area contributed by atoms with Crippen LogP contribution in [0.3, 0.4) is 0 Å². The molecule has 1 heteroatoms. The summed E-state index contributed by atoms with van der Waals surface area (Å²) in [7, 11) is 0. The smallest absolute Gasteiger partial charge is 0.143 e. The van der Waals surface area contributed by atoms with Gasteiger partial charge in [-0.2, -0.15) is 0 Å². The SMILES string of the molecule is [2H]c1c([2H])c([2H])c(-c2ccc(-c3c4ccccc4cc4c3ccc3ccccc34)c3c2oc2c4ccccc4ccc23)c([2H])c1[2H]. The first-order chi connectivity index (χ1) is 22.4. The summed E-state index contributed by atoms with van der Waals surface area (Å²) in [5.74, 6) is 0. The van der Waals surface area contributed by atoms with E-state index in [0.29, 0.717) is 16.7 Å². The molecule has 0 unspecified atom stereocenters. The summed E-state index contributed by atoms with van der Waals surface area (Å²) in [6, 6.07) is 37.8. The van der Waals surface area contributed by atoms with Gasteiger partial charge in [-0.05, 0) is 72.6 Å². The van der Waals surface area contributed by atoms with Gasteiger partial charge in [-0.15, -0.1) is 0 Å². The van der Waals surface area contributed by atoms with Crippen molar-refractivity contribution in [1.82, 2.24) is 0 Å². The van der Waals surface area contributed by atoms with Crippen LogP contribution in [0.2, 0.25) is 0 Å². The van der Waals surface area contributed by atoms with Gasteiger partial charge in [-0.3, -0.25) is 0 Å². The summed E-state index contributed by atoms with van der Waals surface area (Å²) < 4.78 is 49.4. The Hall–Kier alpha value is -5.40. The Labute approximate surface area is 243 Å². The number of hydrogen-bond donors (Lipinski definition) is 0. The van der Waals surface area contributed by atoms with Gasteiger partial charge < -0.3 is 4.42 Å². The Morgan fingerprint density at radius 2 is 1.07 bits per heavy atom. The Kier molecular flexibility index (Phi) is 3.76. The van der Waals surface area contributed by atoms with Crippen molar-refractivity contribution in [3.05, 3.63) is 145 Å². The van der Waals surface area contributed by atoms with Crippen molar-refractivity contribution in [3.63, 3.8) is 0 Å². The fourth-order valence-electron chi connectivity index (χ4n) is 6.51. The van der Waals surface area contributed by atoms with E-state index in [9.17, 15) is 0 Å². The molecule has 0 aliphatic heterocycles. The number of benzene rings is 8. The van der Waals surface area contributed by atoms with Crippen LogP contribution in [0.4, 0.5) is 0 Å². The van der Waals surface area contributed by atoms with E-state index in [1.54, 1.807) is 0 Å². The zero-order valence-corrected chi connectivity index (χ0v) is 21.9. The molecule has 1 nitrogen and oxygen atoms in total. The van der Waals surface area contributed by atoms with Crippen molar-refractivity contribution in [2.45, 2.75) is 0 Å². The van der Waals surface area contributed by atoms with Crippen LogP contribution in [0, 0.1) is 0 Å². The first kappa shape index (κ1) is 18.0. The molecule has 1 heterocycles. The van der Waals surface area contributed by atoms with Crippen LogP contribution in [0.1, 0.15) is 6.85 Å². The van der Waals surface area contributed by atoms with Crippen LogP contribution < -0.4 is 0 Å². The van der Waals surface area contributed by atoms with E-state index in [2.05, 4.69) is 78.9 Å². The molecule has 0 spiro atoms. The monoisotopic (exact) mass is 525 g/mol. The van der Waals surface area contributed by atoms with Crippen molar-refractivity contribution < 1.29 is 11.3 Å². The van der Waals surface area contributed by atoms with E-state index in [-0.39, 0.29) is 29.7 Å². The van der Waals surface area contributed by atoms with Crippen LogP contribution in [0.5, 0.6) is 0 Å². The highest BCUT2D eigenvalue weighted by Crippen LogP contribution is 2.47. The molecular formula is C40H24O. The van der Waals surface area contributed by atoms with Crippen molar-refractivity contribution in [2.75, 3.05) is 0 Å². The van der Waals surface area contributed by atoms with Gasteiger partial charge in [0.2, 0.25) is 0 Å². The topological polar surface area (TPSA) is 13.1 Å². The Balaban J connectivity index is 1.51. The standard InChI is InChI=1S/C40H24O/c1-2-10-25(11-3-1)32-22-23-34(38-35-21-19-27-13-5-9-17-31(27)39(35)41-40(32)38)37-30-16-8-6-14-28(30)24-36-29-15-7-4-12-26(29)18-20-33(36)37/h1-24H/i1D,2D,3D,10D,11D. The highest BCUT2D eigenvalue weighted by molar-refractivity contribution is 6.27. The number of furan rings is 1. The summed E-state index contributed by atoms with van der Waals surface area (Å²) in [6.07, 6.45) is 0. The average Bonchev–Trinajstić information content (AvgIpc) is 3.50. The van der Waals surface area contributed by atoms with Gasteiger partial charge in [0.15, 0.2) is 0 Å². The maximum atomic E-state index is 8.81. The first-order valence-corrected chi connectivity index (χ1v) is 13.7. The van der Waals surface area contributed by atoms with Crippen LogP contribution in [0.25, 0.3) is 87.3 Å². The molecule has 8 aromatic carbocycles. The average molecular weight is 526 g/mol. The highest BCUT2D eigenvalue weighted by atomic mass is 16.3. The second kappa shape index (κ2) is 8.55. The van der Waals surface area contributed by atoms with Crippen molar-refractivity contribution in [2.24, 2.45) is 0 Å². The molecular weight excluding hydrogens is 496 g/mol. The molecule has 0 aliphatic rings. The van der Waals surface area contributed by atoms with E-state index in [4.69, 9.17) is 11.3 Å². The Morgan fingerprint density at radius 1 is 0.439 bits per heavy atom. The summed E-state index contributed by atoms with van der Waals surface area (Å²) >= 11 is 0. The molecule has 0 aliphatic carbocycles. The minimum Gasteiger partial charge on any atom is -0.455 e. The van der Waals surface area contributed by atoms with E-state index in [0.717, 1.165) is 59.6 Å². The van der Waals surface area contributed by atoms with Crippen LogP contribution >= 0.6 is 0 Å². The molecule has 0 amide bonds. The van der Waals surface area contributed by atoms with Crippen molar-refractivity contribution in [3.8, 4) is 22.3 Å². The number of fused-ring (bicyclic) bond motifs is 9. The second-order valence-electron chi connectivity index (χ2n) is 10.5. The van der Waals surface area contributed by atoms with Gasteiger partial charge in [0.1, 0.15) is 11.2 Å². The van der Waals surface area contributed by atoms with Crippen molar-refractivity contribution in [1.29, 1.82) is 0 Å². The van der Waals surface area contributed by atoms with Crippen LogP contribution in [-0.4, -0.2) is 0 Å². The summed E-state index contributed by atoms with van der Waals surface area (Å²) in [5, 5.41) is 10.5. The maximum absolute atomic E-state index is 8.81. The molecule has 190 valence electrons. The second-order valence-corrected chi connectivity index (χ2v) is 10.5. The Bertz CT molecular complexity index is 2730. The van der Waals surface area contributed by atoms with Crippen LogP contribution in [-0.2, 0) is 0 Å². The third-order valence-corrected chi connectivity index (χ3v) is 8.32. The lowest BCUT2D eigenvalue weighted by molar-refractivity contribution is 0.674. The van der Waals surface area contributed by atoms with Gasteiger partial charge in [0, 0.05) is 21.7 Å². The van der Waals surface area contributed by atoms with Gasteiger partial charge in [-0.1, -0.05) is 127 Å². The minimum atomic E-state index is -0.420. The molecule has 0 saturated carbocycles. The first-order valence-electron chi connectivity index (χ1n) is 16.2. The summed E-state index contributed by atoms with van der Waals surface area (Å²) in [6.45, 7) is 0. The van der Waals surface area contributed by atoms with Gasteiger partial charge in [-0.25, -0.2) is 0 Å². The van der Waals surface area contributed by atoms with Gasteiger partial charge in [0.25, 0.3) is 0 Å². The highest BCUT2D eigenvalue weighted by Gasteiger charge is 2.21. The van der Waals surface area contributed by atoms with E-state index < -0.39 is 6.04 Å². The molecule has 9 aromatic rings. The molecule has 0 bridgehead atoms.